The molecule has 182 valence electrons. The van der Waals surface area contributed by atoms with Gasteiger partial charge in [0.25, 0.3) is 0 Å². The van der Waals surface area contributed by atoms with E-state index in [1.807, 2.05) is 13.0 Å². The van der Waals surface area contributed by atoms with E-state index >= 15 is 0 Å². The molecule has 1 saturated carbocycles. The van der Waals surface area contributed by atoms with Crippen LogP contribution in [-0.4, -0.2) is 39.3 Å². The van der Waals surface area contributed by atoms with Gasteiger partial charge in [0.2, 0.25) is 0 Å². The Labute approximate surface area is 212 Å². The number of rotatable bonds is 9. The molecular weight excluding hydrogens is 508 g/mol. The molecule has 0 amide bonds. The van der Waals surface area contributed by atoms with Gasteiger partial charge in [0, 0.05) is 18.5 Å². The summed E-state index contributed by atoms with van der Waals surface area (Å²) in [7, 11) is 2.99. The van der Waals surface area contributed by atoms with Gasteiger partial charge in [-0.1, -0.05) is 5.57 Å². The maximum Gasteiger partial charge on any atom is 0.338 e. The SMILES string of the molecule is C=C(C)CCCn1c(-c2cc3ccc(Br)nc3n2CC2CC2)nc2cc(C(=O)OC)cc(OC)c21. The number of hydrogen-bond acceptors (Lipinski definition) is 5. The third kappa shape index (κ3) is 4.59. The number of hydrogen-bond donors (Lipinski definition) is 0. The lowest BCUT2D eigenvalue weighted by molar-refractivity contribution is 0.0600. The summed E-state index contributed by atoms with van der Waals surface area (Å²) < 4.78 is 16.0. The summed E-state index contributed by atoms with van der Waals surface area (Å²) >= 11 is 3.54. The van der Waals surface area contributed by atoms with E-state index in [4.69, 9.17) is 19.4 Å². The van der Waals surface area contributed by atoms with Crippen LogP contribution in [0.1, 0.15) is 43.0 Å². The molecule has 35 heavy (non-hydrogen) atoms. The fourth-order valence-electron chi connectivity index (χ4n) is 4.61. The molecule has 4 aromatic rings. The number of fused-ring (bicyclic) bond motifs is 2. The first-order valence-corrected chi connectivity index (χ1v) is 12.7. The number of pyridine rings is 1. The van der Waals surface area contributed by atoms with Crippen molar-refractivity contribution in [3.8, 4) is 17.3 Å². The van der Waals surface area contributed by atoms with Gasteiger partial charge in [-0.2, -0.15) is 0 Å². The Bertz CT molecular complexity index is 1450. The molecular formula is C27H29BrN4O3. The number of carbonyl (C=O) groups excluding carboxylic acids is 1. The van der Waals surface area contributed by atoms with Crippen LogP contribution in [0.15, 0.2) is 47.1 Å². The fraction of sp³-hybridized carbons (Fsp3) is 0.370. The molecule has 0 aliphatic heterocycles. The summed E-state index contributed by atoms with van der Waals surface area (Å²) in [6.07, 6.45) is 4.31. The zero-order chi connectivity index (χ0) is 24.7. The highest BCUT2D eigenvalue weighted by atomic mass is 79.9. The summed E-state index contributed by atoms with van der Waals surface area (Å²) in [6.45, 7) is 7.76. The third-order valence-electron chi connectivity index (χ3n) is 6.51. The lowest BCUT2D eigenvalue weighted by Gasteiger charge is -2.14. The van der Waals surface area contributed by atoms with Crippen molar-refractivity contribution in [3.05, 3.63) is 52.7 Å². The van der Waals surface area contributed by atoms with Crippen LogP contribution in [0.25, 0.3) is 33.6 Å². The highest BCUT2D eigenvalue weighted by Gasteiger charge is 2.27. The van der Waals surface area contributed by atoms with Crippen molar-refractivity contribution in [2.75, 3.05) is 14.2 Å². The minimum absolute atomic E-state index is 0.416. The number of allylic oxidation sites excluding steroid dienone is 1. The smallest absolute Gasteiger partial charge is 0.338 e. The van der Waals surface area contributed by atoms with Crippen LogP contribution in [0.4, 0.5) is 0 Å². The van der Waals surface area contributed by atoms with Gasteiger partial charge in [-0.3, -0.25) is 0 Å². The fourth-order valence-corrected chi connectivity index (χ4v) is 4.91. The molecule has 3 heterocycles. The van der Waals surface area contributed by atoms with Crippen molar-refractivity contribution in [1.29, 1.82) is 0 Å². The number of halogens is 1. The highest BCUT2D eigenvalue weighted by molar-refractivity contribution is 9.10. The maximum atomic E-state index is 12.3. The Morgan fingerprint density at radius 1 is 1.17 bits per heavy atom. The zero-order valence-corrected chi connectivity index (χ0v) is 21.9. The molecule has 0 radical (unpaired) electrons. The summed E-state index contributed by atoms with van der Waals surface area (Å²) in [5.41, 5.74) is 5.10. The summed E-state index contributed by atoms with van der Waals surface area (Å²) in [5.74, 6) is 1.69. The molecule has 0 spiro atoms. The molecule has 7 nitrogen and oxygen atoms in total. The van der Waals surface area contributed by atoms with E-state index in [9.17, 15) is 4.79 Å². The van der Waals surface area contributed by atoms with Gasteiger partial charge in [0.05, 0.1) is 31.0 Å². The Kier molecular flexibility index (Phi) is 6.40. The molecule has 0 saturated heterocycles. The van der Waals surface area contributed by atoms with Crippen LogP contribution >= 0.6 is 15.9 Å². The minimum Gasteiger partial charge on any atom is -0.494 e. The second-order valence-corrected chi connectivity index (χ2v) is 10.1. The summed E-state index contributed by atoms with van der Waals surface area (Å²) in [4.78, 5) is 22.2. The predicted octanol–water partition coefficient (Wildman–Crippen LogP) is 6.38. The van der Waals surface area contributed by atoms with Crippen LogP contribution in [0.2, 0.25) is 0 Å². The van der Waals surface area contributed by atoms with Gasteiger partial charge in [-0.15, -0.1) is 6.58 Å². The molecule has 0 atom stereocenters. The van der Waals surface area contributed by atoms with Crippen LogP contribution in [0, 0.1) is 5.92 Å². The molecule has 5 rings (SSSR count). The number of aryl methyl sites for hydroxylation is 1. The number of esters is 1. The van der Waals surface area contributed by atoms with E-state index in [1.165, 1.54) is 20.0 Å². The van der Waals surface area contributed by atoms with E-state index < -0.39 is 5.97 Å². The number of aromatic nitrogens is 4. The van der Waals surface area contributed by atoms with Crippen LogP contribution in [0.3, 0.4) is 0 Å². The first-order chi connectivity index (χ1) is 16.9. The molecule has 0 N–H and O–H groups in total. The molecule has 0 unspecified atom stereocenters. The summed E-state index contributed by atoms with van der Waals surface area (Å²) in [5, 5.41) is 1.08. The topological polar surface area (TPSA) is 71.2 Å². The maximum absolute atomic E-state index is 12.3. The molecule has 1 aliphatic carbocycles. The standard InChI is InChI=1S/C27H29BrN4O3/c1-16(2)6-5-11-31-24-20(12-19(27(33)35-4)14-22(24)34-3)29-26(31)21-13-18-9-10-23(28)30-25(18)32(21)15-17-7-8-17/h9-10,12-14,17H,1,5-8,11,15H2,2-4H3. The molecule has 8 heteroatoms. The molecule has 0 bridgehead atoms. The van der Waals surface area contributed by atoms with Crippen molar-refractivity contribution in [3.63, 3.8) is 0 Å². The Balaban J connectivity index is 1.75. The second-order valence-electron chi connectivity index (χ2n) is 9.32. The molecule has 1 fully saturated rings. The highest BCUT2D eigenvalue weighted by Crippen LogP contribution is 2.38. The third-order valence-corrected chi connectivity index (χ3v) is 6.95. The first-order valence-electron chi connectivity index (χ1n) is 11.9. The van der Waals surface area contributed by atoms with Gasteiger partial charge >= 0.3 is 5.97 Å². The van der Waals surface area contributed by atoms with Crippen molar-refractivity contribution in [1.82, 2.24) is 19.1 Å². The molecule has 1 aliphatic rings. The minimum atomic E-state index is -0.416. The van der Waals surface area contributed by atoms with Crippen molar-refractivity contribution < 1.29 is 14.3 Å². The van der Waals surface area contributed by atoms with Crippen LogP contribution in [0.5, 0.6) is 5.75 Å². The zero-order valence-electron chi connectivity index (χ0n) is 20.3. The average molecular weight is 537 g/mol. The van der Waals surface area contributed by atoms with Crippen molar-refractivity contribution in [2.24, 2.45) is 5.92 Å². The molecule has 1 aromatic carbocycles. The number of ether oxygens (including phenoxy) is 2. The van der Waals surface area contributed by atoms with Gasteiger partial charge in [0.15, 0.2) is 5.82 Å². The lowest BCUT2D eigenvalue weighted by Crippen LogP contribution is -2.08. The number of benzene rings is 1. The van der Waals surface area contributed by atoms with Crippen LogP contribution in [-0.2, 0) is 17.8 Å². The monoisotopic (exact) mass is 536 g/mol. The number of carbonyl (C=O) groups is 1. The average Bonchev–Trinajstić information content (AvgIpc) is 3.50. The Hall–Kier alpha value is -3.13. The Morgan fingerprint density at radius 3 is 2.66 bits per heavy atom. The van der Waals surface area contributed by atoms with Crippen LogP contribution < -0.4 is 4.74 Å². The predicted molar refractivity (Wildman–Crippen MR) is 141 cm³/mol. The van der Waals surface area contributed by atoms with Gasteiger partial charge in [0.1, 0.15) is 21.5 Å². The number of imidazole rings is 1. The van der Waals surface area contributed by atoms with E-state index in [0.29, 0.717) is 22.7 Å². The first kappa shape index (κ1) is 23.6. The molecule has 3 aromatic heterocycles. The normalized spacial score (nSPS) is 13.5. The van der Waals surface area contributed by atoms with Crippen molar-refractivity contribution in [2.45, 2.75) is 45.7 Å². The number of nitrogens with zero attached hydrogens (tertiary/aromatic N) is 4. The van der Waals surface area contributed by atoms with E-state index in [0.717, 1.165) is 64.2 Å². The van der Waals surface area contributed by atoms with Gasteiger partial charge in [-0.05, 0) is 84.8 Å². The van der Waals surface area contributed by atoms with E-state index in [2.05, 4.69) is 43.8 Å². The number of methoxy groups -OCH3 is 2. The van der Waals surface area contributed by atoms with Crippen molar-refractivity contribution >= 4 is 44.0 Å². The second kappa shape index (κ2) is 9.49. The quantitative estimate of drug-likeness (QED) is 0.141. The van der Waals surface area contributed by atoms with E-state index in [1.54, 1.807) is 19.2 Å². The lowest BCUT2D eigenvalue weighted by atomic mass is 10.1. The largest absolute Gasteiger partial charge is 0.494 e. The van der Waals surface area contributed by atoms with Gasteiger partial charge < -0.3 is 18.6 Å². The van der Waals surface area contributed by atoms with Gasteiger partial charge in [-0.25, -0.2) is 14.8 Å². The summed E-state index contributed by atoms with van der Waals surface area (Å²) in [6, 6.07) is 9.73. The van der Waals surface area contributed by atoms with E-state index in [-0.39, 0.29) is 0 Å². The Morgan fingerprint density at radius 2 is 1.97 bits per heavy atom.